The summed E-state index contributed by atoms with van der Waals surface area (Å²) in [6, 6.07) is 8.67. The number of aryl methyl sites for hydroxylation is 3. The summed E-state index contributed by atoms with van der Waals surface area (Å²) in [6.45, 7) is 13.4. The second-order valence-electron chi connectivity index (χ2n) is 9.16. The second-order valence-corrected chi connectivity index (χ2v) is 9.16. The van der Waals surface area contributed by atoms with Crippen LogP contribution in [0.15, 0.2) is 36.4 Å². The molecular formula is C26H32N2O3. The molecule has 2 unspecified atom stereocenters. The zero-order valence-corrected chi connectivity index (χ0v) is 18.9. The van der Waals surface area contributed by atoms with Crippen LogP contribution in [0.4, 0.5) is 0 Å². The second kappa shape index (κ2) is 8.04. The Morgan fingerprint density at radius 2 is 1.90 bits per heavy atom. The molecule has 5 nitrogen and oxygen atoms in total. The van der Waals surface area contributed by atoms with Gasteiger partial charge in [-0.05, 0) is 74.9 Å². The summed E-state index contributed by atoms with van der Waals surface area (Å²) in [5, 5.41) is 17.3. The molecule has 0 radical (unpaired) electrons. The molecule has 2 aliphatic rings. The lowest BCUT2D eigenvalue weighted by atomic mass is 9.77. The minimum atomic E-state index is -0.268. The van der Waals surface area contributed by atoms with E-state index in [0.717, 1.165) is 30.5 Å². The Balaban J connectivity index is 1.63. The molecule has 0 fully saturated rings. The quantitative estimate of drug-likeness (QED) is 0.491. The first-order valence-electron chi connectivity index (χ1n) is 11.0. The predicted molar refractivity (Wildman–Crippen MR) is 123 cm³/mol. The Kier molecular flexibility index (Phi) is 5.56. The molecule has 31 heavy (non-hydrogen) atoms. The topological polar surface area (TPSA) is 70.6 Å². The van der Waals surface area contributed by atoms with Crippen molar-refractivity contribution in [3.8, 4) is 11.5 Å². The molecule has 0 spiro atoms. The van der Waals surface area contributed by atoms with Crippen LogP contribution < -0.4 is 15.4 Å². The van der Waals surface area contributed by atoms with E-state index in [-0.39, 0.29) is 23.1 Å². The third-order valence-electron chi connectivity index (χ3n) is 6.78. The Bertz CT molecular complexity index is 1060. The Morgan fingerprint density at radius 1 is 1.16 bits per heavy atom. The van der Waals surface area contributed by atoms with Gasteiger partial charge in [-0.2, -0.15) is 0 Å². The van der Waals surface area contributed by atoms with E-state index in [1.54, 1.807) is 6.92 Å². The minimum Gasteiger partial charge on any atom is -0.504 e. The number of fused-ring (bicyclic) bond motifs is 5. The first-order chi connectivity index (χ1) is 14.7. The monoisotopic (exact) mass is 420 g/mol. The number of amides is 1. The van der Waals surface area contributed by atoms with Gasteiger partial charge in [0.1, 0.15) is 6.61 Å². The lowest BCUT2D eigenvalue weighted by Crippen LogP contribution is -2.56. The van der Waals surface area contributed by atoms with Crippen molar-refractivity contribution in [2.24, 2.45) is 0 Å². The maximum absolute atomic E-state index is 11.7. The molecular weight excluding hydrogens is 388 g/mol. The van der Waals surface area contributed by atoms with Gasteiger partial charge in [0.05, 0.1) is 5.54 Å². The number of phenols is 1. The average Bonchev–Trinajstić information content (AvgIpc) is 3.04. The third-order valence-corrected chi connectivity index (χ3v) is 6.78. The summed E-state index contributed by atoms with van der Waals surface area (Å²) in [5.41, 5.74) is 7.35. The van der Waals surface area contributed by atoms with E-state index < -0.39 is 0 Å². The Hall–Kier alpha value is -2.79. The summed E-state index contributed by atoms with van der Waals surface area (Å²) in [4.78, 5) is 11.7. The molecule has 3 N–H and O–H groups in total. The standard InChI is InChI=1S/C26H32N2O3/c1-15(2)25(30)27-9-6-10-28-26-13-19-11-17(4)18(5)12-21(19)22(26)20-8-7-16(3)23(29)24(20)31-14-26/h7-8,11-12,22,28-29H,1,6,9-10,13-14H2,2-5H3,(H,27,30). The molecule has 4 rings (SSSR count). The van der Waals surface area contributed by atoms with Crippen molar-refractivity contribution < 1.29 is 14.6 Å². The van der Waals surface area contributed by atoms with Crippen LogP contribution in [0.1, 0.15) is 52.6 Å². The van der Waals surface area contributed by atoms with Gasteiger partial charge in [-0.1, -0.05) is 30.8 Å². The molecule has 0 saturated carbocycles. The molecule has 0 bridgehead atoms. The smallest absolute Gasteiger partial charge is 0.246 e. The predicted octanol–water partition coefficient (Wildman–Crippen LogP) is 3.81. The number of benzene rings is 2. The normalized spacial score (nSPS) is 21.0. The number of carbonyl (C=O) groups excluding carboxylic acids is 1. The van der Waals surface area contributed by atoms with E-state index in [9.17, 15) is 9.90 Å². The minimum absolute atomic E-state index is 0.101. The highest BCUT2D eigenvalue weighted by Gasteiger charge is 2.51. The number of hydrogen-bond acceptors (Lipinski definition) is 4. The maximum Gasteiger partial charge on any atom is 0.246 e. The summed E-state index contributed by atoms with van der Waals surface area (Å²) in [6.07, 6.45) is 1.69. The van der Waals surface area contributed by atoms with Crippen molar-refractivity contribution in [1.82, 2.24) is 10.6 Å². The van der Waals surface area contributed by atoms with Crippen LogP contribution in [0.2, 0.25) is 0 Å². The largest absolute Gasteiger partial charge is 0.504 e. The number of nitrogens with one attached hydrogen (secondary N) is 2. The van der Waals surface area contributed by atoms with Gasteiger partial charge >= 0.3 is 0 Å². The van der Waals surface area contributed by atoms with Crippen LogP contribution in [0.3, 0.4) is 0 Å². The molecule has 1 aliphatic carbocycles. The number of hydrogen-bond donors (Lipinski definition) is 3. The van der Waals surface area contributed by atoms with E-state index in [2.05, 4.69) is 49.3 Å². The van der Waals surface area contributed by atoms with Crippen molar-refractivity contribution in [3.63, 3.8) is 0 Å². The number of phenolic OH excluding ortho intramolecular Hbond substituents is 1. The van der Waals surface area contributed by atoms with Crippen LogP contribution in [0, 0.1) is 20.8 Å². The molecule has 5 heteroatoms. The first kappa shape index (κ1) is 21.4. The van der Waals surface area contributed by atoms with E-state index in [4.69, 9.17) is 4.74 Å². The molecule has 0 aromatic heterocycles. The van der Waals surface area contributed by atoms with Crippen molar-refractivity contribution in [2.45, 2.75) is 52.0 Å². The zero-order valence-electron chi connectivity index (χ0n) is 18.9. The summed E-state index contributed by atoms with van der Waals surface area (Å²) < 4.78 is 6.18. The number of carbonyl (C=O) groups is 1. The van der Waals surface area contributed by atoms with Crippen LogP contribution in [0.25, 0.3) is 0 Å². The van der Waals surface area contributed by atoms with Gasteiger partial charge < -0.3 is 20.5 Å². The van der Waals surface area contributed by atoms with Gasteiger partial charge in [0, 0.05) is 23.6 Å². The molecule has 1 amide bonds. The van der Waals surface area contributed by atoms with Crippen molar-refractivity contribution >= 4 is 5.91 Å². The molecule has 2 aromatic rings. The third kappa shape index (κ3) is 3.72. The van der Waals surface area contributed by atoms with Crippen LogP contribution in [-0.4, -0.2) is 36.2 Å². The van der Waals surface area contributed by atoms with Crippen molar-refractivity contribution in [3.05, 3.63) is 69.8 Å². The SMILES string of the molecule is C=C(C)C(=O)NCCCNC12COc3c(ccc(C)c3O)C1c1cc(C)c(C)cc1C2. The fourth-order valence-electron chi connectivity index (χ4n) is 4.92. The van der Waals surface area contributed by atoms with Gasteiger partial charge in [0.2, 0.25) is 5.91 Å². The van der Waals surface area contributed by atoms with Gasteiger partial charge in [0.15, 0.2) is 11.5 Å². The molecule has 2 atom stereocenters. The average molecular weight is 421 g/mol. The van der Waals surface area contributed by atoms with Crippen molar-refractivity contribution in [2.75, 3.05) is 19.7 Å². The highest BCUT2D eigenvalue weighted by atomic mass is 16.5. The highest BCUT2D eigenvalue weighted by Crippen LogP contribution is 2.53. The number of rotatable bonds is 6. The van der Waals surface area contributed by atoms with E-state index >= 15 is 0 Å². The molecule has 1 heterocycles. The van der Waals surface area contributed by atoms with Gasteiger partial charge in [0.25, 0.3) is 0 Å². The van der Waals surface area contributed by atoms with Crippen LogP contribution >= 0.6 is 0 Å². The molecule has 2 aromatic carbocycles. The van der Waals surface area contributed by atoms with E-state index in [0.29, 0.717) is 24.5 Å². The first-order valence-corrected chi connectivity index (χ1v) is 11.0. The Labute approximate surface area is 184 Å². The summed E-state index contributed by atoms with van der Waals surface area (Å²) in [5.74, 6) is 0.867. The fourth-order valence-corrected chi connectivity index (χ4v) is 4.92. The fraction of sp³-hybridized carbons (Fsp3) is 0.423. The number of ether oxygens (including phenoxy) is 1. The molecule has 0 saturated heterocycles. The van der Waals surface area contributed by atoms with Gasteiger partial charge in [-0.3, -0.25) is 4.79 Å². The lowest BCUT2D eigenvalue weighted by Gasteiger charge is -2.42. The van der Waals surface area contributed by atoms with Crippen LogP contribution in [-0.2, 0) is 11.2 Å². The van der Waals surface area contributed by atoms with Crippen molar-refractivity contribution in [1.29, 1.82) is 0 Å². The highest BCUT2D eigenvalue weighted by molar-refractivity contribution is 5.92. The maximum atomic E-state index is 11.7. The van der Waals surface area contributed by atoms with Gasteiger partial charge in [-0.25, -0.2) is 0 Å². The van der Waals surface area contributed by atoms with E-state index in [1.165, 1.54) is 22.3 Å². The summed E-state index contributed by atoms with van der Waals surface area (Å²) in [7, 11) is 0. The van der Waals surface area contributed by atoms with Crippen LogP contribution in [0.5, 0.6) is 11.5 Å². The molecule has 164 valence electrons. The van der Waals surface area contributed by atoms with E-state index in [1.807, 2.05) is 13.0 Å². The summed E-state index contributed by atoms with van der Waals surface area (Å²) >= 11 is 0. The molecule has 1 aliphatic heterocycles. The van der Waals surface area contributed by atoms with Gasteiger partial charge in [-0.15, -0.1) is 0 Å². The Morgan fingerprint density at radius 3 is 2.65 bits per heavy atom. The number of aromatic hydroxyl groups is 1. The zero-order chi connectivity index (χ0) is 22.3. The lowest BCUT2D eigenvalue weighted by molar-refractivity contribution is -0.117.